The van der Waals surface area contributed by atoms with Crippen LogP contribution in [0.15, 0.2) is 0 Å². The van der Waals surface area contributed by atoms with Gasteiger partial charge in [-0.3, -0.25) is 0 Å². The molecule has 0 nitrogen and oxygen atoms in total. The van der Waals surface area contributed by atoms with E-state index in [9.17, 15) is 0 Å². The molecule has 0 radical (unpaired) electrons. The van der Waals surface area contributed by atoms with E-state index in [-0.39, 0.29) is 0 Å². The first-order valence-electron chi connectivity index (χ1n) is 17.3. The number of rotatable bonds is 15. The van der Waals surface area contributed by atoms with Crippen LogP contribution < -0.4 is 0 Å². The molecule has 0 aromatic heterocycles. The molecule has 0 bridgehead atoms. The molecule has 5 saturated carbocycles. The van der Waals surface area contributed by atoms with Crippen molar-refractivity contribution in [2.45, 2.75) is 144 Å². The van der Waals surface area contributed by atoms with Gasteiger partial charge in [-0.15, -0.1) is 0 Å². The van der Waals surface area contributed by atoms with Crippen LogP contribution in [0.1, 0.15) is 144 Å². The number of hydrogen-bond donors (Lipinski definition) is 0. The quantitative estimate of drug-likeness (QED) is 0.211. The highest BCUT2D eigenvalue weighted by Gasteiger charge is 2.51. The molecule has 13 unspecified atom stereocenters. The molecule has 13 atom stereocenters. The lowest BCUT2D eigenvalue weighted by Gasteiger charge is -2.51. The van der Waals surface area contributed by atoms with Crippen molar-refractivity contribution in [1.82, 2.24) is 0 Å². The fourth-order valence-corrected chi connectivity index (χ4v) is 10.1. The summed E-state index contributed by atoms with van der Waals surface area (Å²) in [5, 5.41) is 0. The second kappa shape index (κ2) is 12.0. The number of hydrogen-bond acceptors (Lipinski definition) is 0. The van der Waals surface area contributed by atoms with Gasteiger partial charge in [0, 0.05) is 0 Å². The van der Waals surface area contributed by atoms with E-state index in [2.05, 4.69) is 41.5 Å². The minimum atomic E-state index is 0.888. The lowest BCUT2D eigenvalue weighted by molar-refractivity contribution is -0.00683. The summed E-state index contributed by atoms with van der Waals surface area (Å²) in [5.41, 5.74) is 0. The van der Waals surface area contributed by atoms with Crippen LogP contribution in [-0.2, 0) is 0 Å². The fourth-order valence-electron chi connectivity index (χ4n) is 10.1. The van der Waals surface area contributed by atoms with E-state index in [1.54, 1.807) is 64.2 Å². The summed E-state index contributed by atoms with van der Waals surface area (Å²) in [6.07, 6.45) is 24.8. The molecule has 0 N–H and O–H groups in total. The summed E-state index contributed by atoms with van der Waals surface area (Å²) in [4.78, 5) is 0. The van der Waals surface area contributed by atoms with Gasteiger partial charge in [-0.1, -0.05) is 80.1 Å². The van der Waals surface area contributed by atoms with Crippen molar-refractivity contribution in [2.75, 3.05) is 0 Å². The first kappa shape index (κ1) is 27.6. The first-order valence-corrected chi connectivity index (χ1v) is 17.3. The van der Waals surface area contributed by atoms with Crippen LogP contribution in [0.2, 0.25) is 0 Å². The Morgan fingerprint density at radius 2 is 1.17 bits per heavy atom. The van der Waals surface area contributed by atoms with E-state index in [0.29, 0.717) is 0 Å². The van der Waals surface area contributed by atoms with Crippen molar-refractivity contribution in [3.63, 3.8) is 0 Å². The molecule has 0 spiro atoms. The molecule has 0 aromatic rings. The van der Waals surface area contributed by atoms with Gasteiger partial charge in [-0.2, -0.15) is 0 Å². The normalized spacial score (nSPS) is 46.1. The maximum atomic E-state index is 2.59. The lowest BCUT2D eigenvalue weighted by atomic mass is 9.55. The molecule has 0 aliphatic heterocycles. The Hall–Kier alpha value is 0. The van der Waals surface area contributed by atoms with Crippen LogP contribution in [0.25, 0.3) is 0 Å². The molecule has 0 heterocycles. The molecule has 0 heteroatoms. The van der Waals surface area contributed by atoms with Crippen LogP contribution >= 0.6 is 0 Å². The smallest absolute Gasteiger partial charge is 0.0354 e. The third-order valence-electron chi connectivity index (χ3n) is 13.4. The highest BCUT2D eigenvalue weighted by atomic mass is 14.6. The zero-order chi connectivity index (χ0) is 25.4. The summed E-state index contributed by atoms with van der Waals surface area (Å²) in [6.45, 7) is 14.8. The molecule has 5 aliphatic carbocycles. The summed E-state index contributed by atoms with van der Waals surface area (Å²) in [6, 6.07) is 0. The van der Waals surface area contributed by atoms with Gasteiger partial charge >= 0.3 is 0 Å². The van der Waals surface area contributed by atoms with Gasteiger partial charge in [0.05, 0.1) is 0 Å². The van der Waals surface area contributed by atoms with Crippen LogP contribution in [0.5, 0.6) is 0 Å². The van der Waals surface area contributed by atoms with Gasteiger partial charge in [0.15, 0.2) is 0 Å². The van der Waals surface area contributed by atoms with E-state index in [0.717, 1.165) is 82.9 Å². The average Bonchev–Trinajstić information content (AvgIpc) is 3.74. The van der Waals surface area contributed by atoms with Crippen molar-refractivity contribution in [1.29, 1.82) is 0 Å². The summed E-state index contributed by atoms with van der Waals surface area (Å²) in [7, 11) is 0. The zero-order valence-corrected chi connectivity index (χ0v) is 25.4. The van der Waals surface area contributed by atoms with E-state index in [1.807, 2.05) is 0 Å². The van der Waals surface area contributed by atoms with Crippen molar-refractivity contribution >= 4 is 0 Å². The highest BCUT2D eigenvalue weighted by Crippen LogP contribution is 2.61. The van der Waals surface area contributed by atoms with Crippen LogP contribution in [0, 0.1) is 82.9 Å². The predicted octanol–water partition coefficient (Wildman–Crippen LogP) is 11.0. The van der Waals surface area contributed by atoms with Crippen LogP contribution in [0.4, 0.5) is 0 Å². The fraction of sp³-hybridized carbons (Fsp3) is 1.00. The zero-order valence-electron chi connectivity index (χ0n) is 25.4. The first-order chi connectivity index (χ1) is 17.3. The molecular formula is C36H64. The predicted molar refractivity (Wildman–Crippen MR) is 157 cm³/mol. The average molecular weight is 497 g/mol. The largest absolute Gasteiger partial charge is 0.0628 e. The molecule has 5 fully saturated rings. The Bertz CT molecular complexity index is 678. The van der Waals surface area contributed by atoms with Gasteiger partial charge in [-0.05, 0) is 147 Å². The molecule has 36 heavy (non-hydrogen) atoms. The van der Waals surface area contributed by atoms with E-state index >= 15 is 0 Å². The maximum absolute atomic E-state index is 2.59. The molecular weight excluding hydrogens is 432 g/mol. The van der Waals surface area contributed by atoms with Crippen molar-refractivity contribution in [2.24, 2.45) is 82.9 Å². The molecule has 5 rings (SSSR count). The van der Waals surface area contributed by atoms with Crippen LogP contribution in [0.3, 0.4) is 0 Å². The summed E-state index contributed by atoms with van der Waals surface area (Å²) >= 11 is 0. The molecule has 208 valence electrons. The van der Waals surface area contributed by atoms with E-state index in [4.69, 9.17) is 0 Å². The molecule has 0 aromatic carbocycles. The molecule has 5 aliphatic rings. The van der Waals surface area contributed by atoms with Crippen molar-refractivity contribution < 1.29 is 0 Å². The molecule has 0 saturated heterocycles. The second-order valence-corrected chi connectivity index (χ2v) is 16.2. The Morgan fingerprint density at radius 1 is 0.556 bits per heavy atom. The topological polar surface area (TPSA) is 0 Å². The SMILES string of the molecule is CC(C)CCCC(C)CCCC1CC1C1CCC2CC(CCC3C(C)C3CCC3CC(C)C3C)C2C1. The standard InChI is InChI=1S/C36H64/c1-23(2)9-7-10-24(3)11-8-12-29-21-35(29)32-14-13-30-20-31(36(30)22-32)16-18-34-27(6)33(34)17-15-28-19-25(4)26(28)5/h23-36H,7-22H2,1-6H3. The van der Waals surface area contributed by atoms with Gasteiger partial charge in [0.2, 0.25) is 0 Å². The maximum Gasteiger partial charge on any atom is -0.0354 e. The van der Waals surface area contributed by atoms with Gasteiger partial charge < -0.3 is 0 Å². The Balaban J connectivity index is 0.941. The van der Waals surface area contributed by atoms with Crippen molar-refractivity contribution in [3.05, 3.63) is 0 Å². The third-order valence-corrected chi connectivity index (χ3v) is 13.4. The third kappa shape index (κ3) is 6.58. The lowest BCUT2D eigenvalue weighted by Crippen LogP contribution is -2.41. The molecule has 0 amide bonds. The van der Waals surface area contributed by atoms with Crippen molar-refractivity contribution in [3.8, 4) is 0 Å². The van der Waals surface area contributed by atoms with E-state index in [1.165, 1.54) is 38.5 Å². The minimum absolute atomic E-state index is 0.888. The Kier molecular flexibility index (Phi) is 9.21. The minimum Gasteiger partial charge on any atom is -0.0628 e. The Morgan fingerprint density at radius 3 is 1.83 bits per heavy atom. The second-order valence-electron chi connectivity index (χ2n) is 16.2. The highest BCUT2D eigenvalue weighted by molar-refractivity contribution is 5.01. The number of fused-ring (bicyclic) bond motifs is 1. The van der Waals surface area contributed by atoms with Gasteiger partial charge in [0.25, 0.3) is 0 Å². The van der Waals surface area contributed by atoms with Gasteiger partial charge in [-0.25, -0.2) is 0 Å². The monoisotopic (exact) mass is 497 g/mol. The summed E-state index contributed by atoms with van der Waals surface area (Å²) in [5.74, 6) is 15.0. The van der Waals surface area contributed by atoms with Gasteiger partial charge in [0.1, 0.15) is 0 Å². The Labute approximate surface area is 226 Å². The van der Waals surface area contributed by atoms with E-state index < -0.39 is 0 Å². The van der Waals surface area contributed by atoms with Crippen LogP contribution in [-0.4, -0.2) is 0 Å². The summed E-state index contributed by atoms with van der Waals surface area (Å²) < 4.78 is 0.